The standard InChI is InChI=1S/C11H13BrF3NO/c1-2-3-9(16)8-6-7(12)4-5-10(8)17-11(13,14)15/h4-6,9H,2-3,16H2,1H3/t9-/m0/s1. The molecule has 0 radical (unpaired) electrons. The summed E-state index contributed by atoms with van der Waals surface area (Å²) in [4.78, 5) is 0. The Morgan fingerprint density at radius 2 is 2.06 bits per heavy atom. The van der Waals surface area contributed by atoms with Crippen molar-refractivity contribution in [3.8, 4) is 5.75 Å². The lowest BCUT2D eigenvalue weighted by Gasteiger charge is -2.17. The maximum Gasteiger partial charge on any atom is 0.573 e. The van der Waals surface area contributed by atoms with E-state index in [4.69, 9.17) is 5.73 Å². The van der Waals surface area contributed by atoms with Crippen molar-refractivity contribution in [2.75, 3.05) is 0 Å². The molecule has 1 aromatic carbocycles. The molecule has 1 rings (SSSR count). The van der Waals surface area contributed by atoms with E-state index in [0.29, 0.717) is 16.5 Å². The summed E-state index contributed by atoms with van der Waals surface area (Å²) in [5.74, 6) is -0.235. The van der Waals surface area contributed by atoms with Crippen LogP contribution in [0.25, 0.3) is 0 Å². The zero-order valence-corrected chi connectivity index (χ0v) is 10.8. The Bertz CT molecular complexity index is 381. The average molecular weight is 312 g/mol. The molecule has 1 aromatic rings. The number of hydrogen-bond acceptors (Lipinski definition) is 2. The summed E-state index contributed by atoms with van der Waals surface area (Å²) in [7, 11) is 0. The minimum absolute atomic E-state index is 0.235. The van der Waals surface area contributed by atoms with Gasteiger partial charge in [-0.15, -0.1) is 13.2 Å². The van der Waals surface area contributed by atoms with Gasteiger partial charge in [-0.3, -0.25) is 0 Å². The summed E-state index contributed by atoms with van der Waals surface area (Å²) in [6, 6.07) is 3.85. The van der Waals surface area contributed by atoms with E-state index in [1.807, 2.05) is 6.92 Å². The summed E-state index contributed by atoms with van der Waals surface area (Å²) in [6.07, 6.45) is -3.31. The van der Waals surface area contributed by atoms with Crippen molar-refractivity contribution in [1.82, 2.24) is 0 Å². The van der Waals surface area contributed by atoms with Crippen molar-refractivity contribution >= 4 is 15.9 Å². The smallest absolute Gasteiger partial charge is 0.405 e. The molecule has 0 saturated carbocycles. The first-order chi connectivity index (χ1) is 7.83. The normalized spacial score (nSPS) is 13.5. The van der Waals surface area contributed by atoms with Crippen LogP contribution in [0.5, 0.6) is 5.75 Å². The third kappa shape index (κ3) is 4.55. The molecule has 0 aliphatic rings. The average Bonchev–Trinajstić information content (AvgIpc) is 2.19. The van der Waals surface area contributed by atoms with E-state index in [1.54, 1.807) is 6.07 Å². The minimum Gasteiger partial charge on any atom is -0.405 e. The molecule has 0 saturated heterocycles. The third-order valence-corrected chi connectivity index (χ3v) is 2.69. The van der Waals surface area contributed by atoms with Gasteiger partial charge in [0.15, 0.2) is 0 Å². The van der Waals surface area contributed by atoms with Crippen molar-refractivity contribution in [2.45, 2.75) is 32.2 Å². The molecule has 2 N–H and O–H groups in total. The molecule has 17 heavy (non-hydrogen) atoms. The van der Waals surface area contributed by atoms with Crippen LogP contribution in [-0.2, 0) is 0 Å². The third-order valence-electron chi connectivity index (χ3n) is 2.20. The van der Waals surface area contributed by atoms with Crippen LogP contribution < -0.4 is 10.5 Å². The zero-order valence-electron chi connectivity index (χ0n) is 9.22. The molecule has 0 aromatic heterocycles. The molecule has 0 amide bonds. The maximum absolute atomic E-state index is 12.2. The highest BCUT2D eigenvalue weighted by atomic mass is 79.9. The van der Waals surface area contributed by atoms with Crippen LogP contribution in [0.1, 0.15) is 31.4 Å². The minimum atomic E-state index is -4.70. The number of halogens is 4. The first-order valence-corrected chi connectivity index (χ1v) is 5.93. The van der Waals surface area contributed by atoms with Crippen LogP contribution in [0.2, 0.25) is 0 Å². The number of ether oxygens (including phenoxy) is 1. The number of benzene rings is 1. The van der Waals surface area contributed by atoms with Crippen LogP contribution in [-0.4, -0.2) is 6.36 Å². The fraction of sp³-hybridized carbons (Fsp3) is 0.455. The van der Waals surface area contributed by atoms with Crippen LogP contribution in [0.4, 0.5) is 13.2 Å². The van der Waals surface area contributed by atoms with E-state index in [-0.39, 0.29) is 5.75 Å². The molecule has 6 heteroatoms. The van der Waals surface area contributed by atoms with Gasteiger partial charge >= 0.3 is 6.36 Å². The van der Waals surface area contributed by atoms with Gasteiger partial charge in [0.2, 0.25) is 0 Å². The Labute approximate surface area is 106 Å². The van der Waals surface area contributed by atoms with Gasteiger partial charge in [0.05, 0.1) is 0 Å². The van der Waals surface area contributed by atoms with Gasteiger partial charge in [-0.05, 0) is 24.6 Å². The van der Waals surface area contributed by atoms with Crippen molar-refractivity contribution in [2.24, 2.45) is 5.73 Å². The summed E-state index contributed by atoms with van der Waals surface area (Å²) in [5, 5.41) is 0. The Morgan fingerprint density at radius 1 is 1.41 bits per heavy atom. The highest BCUT2D eigenvalue weighted by Crippen LogP contribution is 2.33. The number of alkyl halides is 3. The van der Waals surface area contributed by atoms with Crippen molar-refractivity contribution in [3.05, 3.63) is 28.2 Å². The first-order valence-electron chi connectivity index (χ1n) is 5.14. The van der Waals surface area contributed by atoms with Crippen LogP contribution in [0.15, 0.2) is 22.7 Å². The summed E-state index contributed by atoms with van der Waals surface area (Å²) >= 11 is 3.20. The lowest BCUT2D eigenvalue weighted by Crippen LogP contribution is -2.20. The monoisotopic (exact) mass is 311 g/mol. The molecule has 0 unspecified atom stereocenters. The predicted molar refractivity (Wildman–Crippen MR) is 62.7 cm³/mol. The molecule has 0 bridgehead atoms. The lowest BCUT2D eigenvalue weighted by molar-refractivity contribution is -0.275. The van der Waals surface area contributed by atoms with Gasteiger partial charge in [-0.1, -0.05) is 29.3 Å². The molecule has 0 heterocycles. The maximum atomic E-state index is 12.2. The lowest BCUT2D eigenvalue weighted by atomic mass is 10.0. The van der Waals surface area contributed by atoms with Gasteiger partial charge in [0.1, 0.15) is 5.75 Å². The van der Waals surface area contributed by atoms with E-state index in [0.717, 1.165) is 6.42 Å². The SMILES string of the molecule is CCC[C@H](N)c1cc(Br)ccc1OC(F)(F)F. The molecular formula is C11H13BrF3NO. The van der Waals surface area contributed by atoms with E-state index in [9.17, 15) is 13.2 Å². The topological polar surface area (TPSA) is 35.2 Å². The summed E-state index contributed by atoms with van der Waals surface area (Å²) in [5.41, 5.74) is 6.19. The second-order valence-electron chi connectivity index (χ2n) is 3.63. The highest BCUT2D eigenvalue weighted by molar-refractivity contribution is 9.10. The molecule has 0 fully saturated rings. The van der Waals surface area contributed by atoms with Gasteiger partial charge in [0, 0.05) is 16.1 Å². The summed E-state index contributed by atoms with van der Waals surface area (Å²) in [6.45, 7) is 1.92. The molecule has 96 valence electrons. The van der Waals surface area contributed by atoms with Crippen molar-refractivity contribution in [3.63, 3.8) is 0 Å². The Kier molecular flexibility index (Phi) is 4.82. The van der Waals surface area contributed by atoms with Crippen molar-refractivity contribution < 1.29 is 17.9 Å². The van der Waals surface area contributed by atoms with Gasteiger partial charge < -0.3 is 10.5 Å². The number of rotatable bonds is 4. The number of hydrogen-bond donors (Lipinski definition) is 1. The predicted octanol–water partition coefficient (Wildman–Crippen LogP) is 4.15. The van der Waals surface area contributed by atoms with Crippen molar-refractivity contribution in [1.29, 1.82) is 0 Å². The molecular weight excluding hydrogens is 299 g/mol. The summed E-state index contributed by atoms with van der Waals surface area (Å²) < 4.78 is 41.2. The van der Waals surface area contributed by atoms with Crippen LogP contribution in [0, 0.1) is 0 Å². The van der Waals surface area contributed by atoms with Crippen LogP contribution >= 0.6 is 15.9 Å². The van der Waals surface area contributed by atoms with E-state index in [2.05, 4.69) is 20.7 Å². The van der Waals surface area contributed by atoms with E-state index >= 15 is 0 Å². The molecule has 1 atom stereocenters. The first kappa shape index (κ1) is 14.3. The zero-order chi connectivity index (χ0) is 13.1. The molecule has 2 nitrogen and oxygen atoms in total. The fourth-order valence-electron chi connectivity index (χ4n) is 1.49. The molecule has 0 spiro atoms. The fourth-order valence-corrected chi connectivity index (χ4v) is 1.87. The molecule has 0 aliphatic heterocycles. The van der Waals surface area contributed by atoms with Gasteiger partial charge in [-0.2, -0.15) is 0 Å². The highest BCUT2D eigenvalue weighted by Gasteiger charge is 2.32. The second-order valence-corrected chi connectivity index (χ2v) is 4.54. The quantitative estimate of drug-likeness (QED) is 0.906. The second kappa shape index (κ2) is 5.73. The van der Waals surface area contributed by atoms with E-state index in [1.165, 1.54) is 12.1 Å². The number of nitrogens with two attached hydrogens (primary N) is 1. The van der Waals surface area contributed by atoms with Crippen LogP contribution in [0.3, 0.4) is 0 Å². The van der Waals surface area contributed by atoms with Gasteiger partial charge in [0.25, 0.3) is 0 Å². The van der Waals surface area contributed by atoms with E-state index < -0.39 is 12.4 Å². The Morgan fingerprint density at radius 3 is 2.59 bits per heavy atom. The molecule has 0 aliphatic carbocycles. The Hall–Kier alpha value is -0.750. The largest absolute Gasteiger partial charge is 0.573 e. The Balaban J connectivity index is 3.03. The van der Waals surface area contributed by atoms with Gasteiger partial charge in [-0.25, -0.2) is 0 Å².